The topological polar surface area (TPSA) is 0 Å². The van der Waals surface area contributed by atoms with Gasteiger partial charge in [0.2, 0.25) is 0 Å². The zero-order valence-electron chi connectivity index (χ0n) is 15.7. The van der Waals surface area contributed by atoms with E-state index in [1.165, 1.54) is 0 Å². The molecule has 0 aromatic rings. The standard InChI is InChI=1S/C15H15F17/c1-2-3-4-5-6-7-8(16,17)9(18,19)10(20,21)11(22,23)12(24,25)13(26,27)14(28,29)15(30,31)32/h2-7H2,1H3. The lowest BCUT2D eigenvalue weighted by Crippen LogP contribution is -2.74. The number of rotatable bonds is 12. The van der Waals surface area contributed by atoms with E-state index in [-0.39, 0.29) is 12.8 Å². The summed E-state index contributed by atoms with van der Waals surface area (Å²) in [6.45, 7) is 1.60. The first-order valence-electron chi connectivity index (χ1n) is 8.52. The Balaban J connectivity index is 6.25. The largest absolute Gasteiger partial charge is 0.460 e. The molecule has 194 valence electrons. The van der Waals surface area contributed by atoms with E-state index in [1.54, 1.807) is 6.92 Å². The normalized spacial score (nSPS) is 15.9. The van der Waals surface area contributed by atoms with E-state index in [1.807, 2.05) is 0 Å². The first kappa shape index (κ1) is 30.8. The minimum atomic E-state index is -8.57. The van der Waals surface area contributed by atoms with Crippen LogP contribution < -0.4 is 0 Å². The summed E-state index contributed by atoms with van der Waals surface area (Å²) in [6.07, 6.45) is -10.6. The van der Waals surface area contributed by atoms with E-state index < -0.39 is 60.5 Å². The van der Waals surface area contributed by atoms with Gasteiger partial charge in [-0.25, -0.2) is 0 Å². The first-order valence-corrected chi connectivity index (χ1v) is 8.52. The Kier molecular flexibility index (Phi) is 8.54. The smallest absolute Gasteiger partial charge is 0.200 e. The average Bonchev–Trinajstić information content (AvgIpc) is 2.59. The molecule has 0 rings (SSSR count). The molecule has 0 radical (unpaired) electrons. The van der Waals surface area contributed by atoms with Crippen LogP contribution in [0.5, 0.6) is 0 Å². The maximum atomic E-state index is 13.5. The zero-order chi connectivity index (χ0) is 26.2. The van der Waals surface area contributed by atoms with E-state index >= 15 is 0 Å². The number of unbranched alkanes of at least 4 members (excludes halogenated alkanes) is 4. The van der Waals surface area contributed by atoms with Gasteiger partial charge < -0.3 is 0 Å². The zero-order valence-corrected chi connectivity index (χ0v) is 15.7. The Hall–Kier alpha value is -1.19. The Labute approximate surface area is 169 Å². The van der Waals surface area contributed by atoms with E-state index in [9.17, 15) is 74.6 Å². The quantitative estimate of drug-likeness (QED) is 0.180. The molecule has 0 N–H and O–H groups in total. The van der Waals surface area contributed by atoms with Crippen LogP contribution in [-0.4, -0.2) is 47.6 Å². The molecule has 0 heterocycles. The summed E-state index contributed by atoms with van der Waals surface area (Å²) in [4.78, 5) is 0. The number of halogens is 17. The second-order valence-electron chi connectivity index (χ2n) is 6.81. The first-order chi connectivity index (χ1) is 13.8. The van der Waals surface area contributed by atoms with Crippen LogP contribution in [-0.2, 0) is 0 Å². The molecular weight excluding hydrogens is 503 g/mol. The van der Waals surface area contributed by atoms with Crippen LogP contribution in [0.15, 0.2) is 0 Å². The highest BCUT2D eigenvalue weighted by molar-refractivity contribution is 5.15. The molecule has 0 atom stereocenters. The number of hydrogen-bond acceptors (Lipinski definition) is 0. The van der Waals surface area contributed by atoms with Gasteiger partial charge in [-0.2, -0.15) is 74.6 Å². The van der Waals surface area contributed by atoms with Gasteiger partial charge in [0.1, 0.15) is 0 Å². The van der Waals surface area contributed by atoms with Crippen molar-refractivity contribution in [3.63, 3.8) is 0 Å². The van der Waals surface area contributed by atoms with Gasteiger partial charge in [0.25, 0.3) is 0 Å². The molecule has 0 amide bonds. The van der Waals surface area contributed by atoms with Crippen molar-refractivity contribution in [2.24, 2.45) is 0 Å². The van der Waals surface area contributed by atoms with Crippen LogP contribution in [0, 0.1) is 0 Å². The molecule has 0 fully saturated rings. The molecule has 0 aliphatic rings. The van der Waals surface area contributed by atoms with Gasteiger partial charge in [-0.1, -0.05) is 32.6 Å². The summed E-state index contributed by atoms with van der Waals surface area (Å²) in [5, 5.41) is 0. The summed E-state index contributed by atoms with van der Waals surface area (Å²) in [6, 6.07) is 0. The fourth-order valence-corrected chi connectivity index (χ4v) is 2.30. The molecule has 32 heavy (non-hydrogen) atoms. The monoisotopic (exact) mass is 518 g/mol. The van der Waals surface area contributed by atoms with E-state index in [0.29, 0.717) is 12.8 Å². The van der Waals surface area contributed by atoms with Gasteiger partial charge in [0.05, 0.1) is 0 Å². The fraction of sp³-hybridized carbons (Fsp3) is 1.00. The molecule has 0 saturated carbocycles. The van der Waals surface area contributed by atoms with Gasteiger partial charge in [0, 0.05) is 6.42 Å². The summed E-state index contributed by atoms with van der Waals surface area (Å²) < 4.78 is 222. The van der Waals surface area contributed by atoms with Crippen LogP contribution in [0.1, 0.15) is 45.4 Å². The summed E-state index contributed by atoms with van der Waals surface area (Å²) >= 11 is 0. The lowest BCUT2D eigenvalue weighted by molar-refractivity contribution is -0.461. The summed E-state index contributed by atoms with van der Waals surface area (Å²) in [5.41, 5.74) is 0. The molecule has 0 spiro atoms. The third-order valence-electron chi connectivity index (χ3n) is 4.38. The second-order valence-corrected chi connectivity index (χ2v) is 6.81. The number of alkyl halides is 17. The Morgan fingerprint density at radius 1 is 0.375 bits per heavy atom. The third kappa shape index (κ3) is 4.57. The van der Waals surface area contributed by atoms with Crippen molar-refractivity contribution < 1.29 is 74.6 Å². The van der Waals surface area contributed by atoms with Gasteiger partial charge >= 0.3 is 47.6 Å². The van der Waals surface area contributed by atoms with Crippen molar-refractivity contribution in [2.75, 3.05) is 0 Å². The molecule has 0 aliphatic heterocycles. The van der Waals surface area contributed by atoms with Crippen LogP contribution >= 0.6 is 0 Å². The van der Waals surface area contributed by atoms with Crippen LogP contribution in [0.25, 0.3) is 0 Å². The summed E-state index contributed by atoms with van der Waals surface area (Å²) in [7, 11) is 0. The summed E-state index contributed by atoms with van der Waals surface area (Å²) in [5.74, 6) is -55.7. The Morgan fingerprint density at radius 3 is 1.03 bits per heavy atom. The predicted molar refractivity (Wildman–Crippen MR) is 74.1 cm³/mol. The second kappa shape index (κ2) is 8.87. The van der Waals surface area contributed by atoms with Gasteiger partial charge in [-0.15, -0.1) is 0 Å². The molecule has 17 heteroatoms. The van der Waals surface area contributed by atoms with Crippen molar-refractivity contribution >= 4 is 0 Å². The van der Waals surface area contributed by atoms with Crippen molar-refractivity contribution in [3.8, 4) is 0 Å². The molecule has 0 aromatic carbocycles. The highest BCUT2D eigenvalue weighted by Crippen LogP contribution is 2.64. The van der Waals surface area contributed by atoms with E-state index in [0.717, 1.165) is 0 Å². The minimum absolute atomic E-state index is 0.0710. The molecule has 0 aromatic heterocycles. The van der Waals surface area contributed by atoms with Crippen molar-refractivity contribution in [3.05, 3.63) is 0 Å². The highest BCUT2D eigenvalue weighted by Gasteiger charge is 2.95. The Bertz CT molecular complexity index is 616. The maximum absolute atomic E-state index is 13.5. The lowest BCUT2D eigenvalue weighted by atomic mass is 9.87. The molecule has 0 aliphatic carbocycles. The average molecular weight is 518 g/mol. The molecule has 0 saturated heterocycles. The predicted octanol–water partition coefficient (Wildman–Crippen LogP) is 8.36. The van der Waals surface area contributed by atoms with Crippen LogP contribution in [0.4, 0.5) is 74.6 Å². The van der Waals surface area contributed by atoms with Gasteiger partial charge in [-0.3, -0.25) is 0 Å². The lowest BCUT2D eigenvalue weighted by Gasteiger charge is -2.42. The Morgan fingerprint density at radius 2 is 0.688 bits per heavy atom. The fourth-order valence-electron chi connectivity index (χ4n) is 2.30. The van der Waals surface area contributed by atoms with Crippen LogP contribution in [0.3, 0.4) is 0 Å². The molecular formula is C15H15F17. The van der Waals surface area contributed by atoms with Crippen molar-refractivity contribution in [1.82, 2.24) is 0 Å². The van der Waals surface area contributed by atoms with E-state index in [4.69, 9.17) is 0 Å². The molecule has 0 bridgehead atoms. The number of hydrogen-bond donors (Lipinski definition) is 0. The SMILES string of the molecule is CCCCCCCC(F)(F)C(F)(F)C(F)(F)C(F)(F)C(F)(F)C(F)(F)C(F)(F)C(F)(F)F. The third-order valence-corrected chi connectivity index (χ3v) is 4.38. The molecule has 0 unspecified atom stereocenters. The van der Waals surface area contributed by atoms with Crippen molar-refractivity contribution in [2.45, 2.75) is 93.1 Å². The van der Waals surface area contributed by atoms with Crippen LogP contribution in [0.2, 0.25) is 0 Å². The van der Waals surface area contributed by atoms with Gasteiger partial charge in [0.15, 0.2) is 0 Å². The minimum Gasteiger partial charge on any atom is -0.200 e. The van der Waals surface area contributed by atoms with Crippen molar-refractivity contribution in [1.29, 1.82) is 0 Å². The van der Waals surface area contributed by atoms with Gasteiger partial charge in [-0.05, 0) is 6.42 Å². The maximum Gasteiger partial charge on any atom is 0.460 e. The highest BCUT2D eigenvalue weighted by atomic mass is 19.4. The molecule has 0 nitrogen and oxygen atoms in total. The van der Waals surface area contributed by atoms with E-state index in [2.05, 4.69) is 0 Å².